The van der Waals surface area contributed by atoms with Crippen molar-refractivity contribution in [3.8, 4) is 5.75 Å². The molecule has 0 unspecified atom stereocenters. The van der Waals surface area contributed by atoms with Crippen LogP contribution in [0.3, 0.4) is 0 Å². The Morgan fingerprint density at radius 2 is 1.79 bits per heavy atom. The molecule has 6 heteroatoms. The Labute approximate surface area is 108 Å². The number of anilines is 1. The Morgan fingerprint density at radius 3 is 2.32 bits per heavy atom. The zero-order valence-corrected chi connectivity index (χ0v) is 9.74. The number of phenolic OH excluding ortho intramolecular Hbond substituents is 1. The van der Waals surface area contributed by atoms with E-state index in [1.165, 1.54) is 42.5 Å². The molecule has 96 valence electrons. The minimum Gasteiger partial charge on any atom is -0.507 e. The van der Waals surface area contributed by atoms with Crippen LogP contribution in [-0.4, -0.2) is 15.8 Å². The van der Waals surface area contributed by atoms with Gasteiger partial charge in [0.15, 0.2) is 5.78 Å². The lowest BCUT2D eigenvalue weighted by atomic mass is 10.0. The number of hydrogen-bond acceptors (Lipinski definition) is 5. The molecule has 6 nitrogen and oxygen atoms in total. The van der Waals surface area contributed by atoms with Gasteiger partial charge in [-0.15, -0.1) is 0 Å². The van der Waals surface area contributed by atoms with Crippen molar-refractivity contribution >= 4 is 17.2 Å². The SMILES string of the molecule is Nc1ccc(C(=O)c2ccc([N+](=O)[O-])cc2)c(O)c1. The van der Waals surface area contributed by atoms with E-state index in [1.54, 1.807) is 0 Å². The van der Waals surface area contributed by atoms with Gasteiger partial charge >= 0.3 is 0 Å². The van der Waals surface area contributed by atoms with Crippen LogP contribution in [0.5, 0.6) is 5.75 Å². The average molecular weight is 258 g/mol. The van der Waals surface area contributed by atoms with Gasteiger partial charge in [-0.05, 0) is 24.3 Å². The predicted octanol–water partition coefficient (Wildman–Crippen LogP) is 2.11. The monoisotopic (exact) mass is 258 g/mol. The van der Waals surface area contributed by atoms with Gasteiger partial charge in [-0.2, -0.15) is 0 Å². The summed E-state index contributed by atoms with van der Waals surface area (Å²) in [5, 5.41) is 20.2. The summed E-state index contributed by atoms with van der Waals surface area (Å²) in [6.45, 7) is 0. The number of carbonyl (C=O) groups is 1. The number of nitrogens with zero attached hydrogens (tertiary/aromatic N) is 1. The Morgan fingerprint density at radius 1 is 1.16 bits per heavy atom. The third-order valence-electron chi connectivity index (χ3n) is 2.61. The average Bonchev–Trinajstić information content (AvgIpc) is 2.38. The third kappa shape index (κ3) is 2.52. The van der Waals surface area contributed by atoms with Crippen molar-refractivity contribution in [3.63, 3.8) is 0 Å². The van der Waals surface area contributed by atoms with Crippen molar-refractivity contribution in [2.24, 2.45) is 0 Å². The van der Waals surface area contributed by atoms with Crippen molar-refractivity contribution in [2.45, 2.75) is 0 Å². The number of ketones is 1. The highest BCUT2D eigenvalue weighted by molar-refractivity contribution is 6.10. The number of rotatable bonds is 3. The summed E-state index contributed by atoms with van der Waals surface area (Å²) >= 11 is 0. The van der Waals surface area contributed by atoms with Crippen LogP contribution >= 0.6 is 0 Å². The zero-order chi connectivity index (χ0) is 14.0. The molecule has 2 aromatic carbocycles. The van der Waals surface area contributed by atoms with Gasteiger partial charge in [-0.1, -0.05) is 0 Å². The van der Waals surface area contributed by atoms with Crippen molar-refractivity contribution < 1.29 is 14.8 Å². The molecule has 0 atom stereocenters. The van der Waals surface area contributed by atoms with Crippen molar-refractivity contribution in [1.82, 2.24) is 0 Å². The second-order valence-electron chi connectivity index (χ2n) is 3.91. The molecule has 0 aliphatic carbocycles. The Bertz CT molecular complexity index is 650. The number of phenols is 1. The summed E-state index contributed by atoms with van der Waals surface area (Å²) in [4.78, 5) is 22.1. The van der Waals surface area contributed by atoms with E-state index in [9.17, 15) is 20.0 Å². The van der Waals surface area contributed by atoms with Crippen LogP contribution in [0.2, 0.25) is 0 Å². The number of benzene rings is 2. The number of aromatic hydroxyl groups is 1. The molecule has 19 heavy (non-hydrogen) atoms. The van der Waals surface area contributed by atoms with Crippen LogP contribution in [0.4, 0.5) is 11.4 Å². The number of non-ortho nitro benzene ring substituents is 1. The fourth-order valence-electron chi connectivity index (χ4n) is 1.63. The van der Waals surface area contributed by atoms with Gasteiger partial charge in [0.25, 0.3) is 5.69 Å². The molecule has 0 saturated heterocycles. The third-order valence-corrected chi connectivity index (χ3v) is 2.61. The largest absolute Gasteiger partial charge is 0.507 e. The molecule has 0 bridgehead atoms. The van der Waals surface area contributed by atoms with Crippen molar-refractivity contribution in [3.05, 3.63) is 63.7 Å². The maximum atomic E-state index is 12.1. The predicted molar refractivity (Wildman–Crippen MR) is 69.0 cm³/mol. The van der Waals surface area contributed by atoms with E-state index >= 15 is 0 Å². The smallest absolute Gasteiger partial charge is 0.269 e. The van der Waals surface area contributed by atoms with Gasteiger partial charge in [-0.25, -0.2) is 0 Å². The molecule has 0 amide bonds. The van der Waals surface area contributed by atoms with Gasteiger partial charge in [-0.3, -0.25) is 14.9 Å². The fourth-order valence-corrected chi connectivity index (χ4v) is 1.63. The number of carbonyl (C=O) groups excluding carboxylic acids is 1. The first-order chi connectivity index (χ1) is 8.99. The van der Waals surface area contributed by atoms with E-state index in [0.717, 1.165) is 0 Å². The van der Waals surface area contributed by atoms with Gasteiger partial charge in [0.1, 0.15) is 5.75 Å². The Hall–Kier alpha value is -2.89. The highest BCUT2D eigenvalue weighted by Crippen LogP contribution is 2.23. The van der Waals surface area contributed by atoms with Crippen LogP contribution in [0.15, 0.2) is 42.5 Å². The molecule has 0 aromatic heterocycles. The highest BCUT2D eigenvalue weighted by atomic mass is 16.6. The van der Waals surface area contributed by atoms with Gasteiger partial charge in [0, 0.05) is 29.4 Å². The molecule has 0 spiro atoms. The van der Waals surface area contributed by atoms with E-state index in [0.29, 0.717) is 5.69 Å². The normalized spacial score (nSPS) is 10.1. The zero-order valence-electron chi connectivity index (χ0n) is 9.74. The van der Waals surface area contributed by atoms with E-state index in [4.69, 9.17) is 5.73 Å². The number of nitro groups is 1. The molecular weight excluding hydrogens is 248 g/mol. The molecule has 0 aliphatic heterocycles. The Kier molecular flexibility index (Phi) is 3.15. The van der Waals surface area contributed by atoms with E-state index in [-0.39, 0.29) is 22.6 Å². The molecule has 0 radical (unpaired) electrons. The molecule has 3 N–H and O–H groups in total. The summed E-state index contributed by atoms with van der Waals surface area (Å²) in [6, 6.07) is 9.35. The molecule has 2 aromatic rings. The van der Waals surface area contributed by atoms with Crippen LogP contribution in [0.1, 0.15) is 15.9 Å². The first-order valence-corrected chi connectivity index (χ1v) is 5.36. The minimum atomic E-state index is -0.547. The second kappa shape index (κ2) is 4.77. The van der Waals surface area contributed by atoms with E-state index < -0.39 is 10.7 Å². The van der Waals surface area contributed by atoms with Crippen LogP contribution in [0.25, 0.3) is 0 Å². The molecular formula is C13H10N2O4. The second-order valence-corrected chi connectivity index (χ2v) is 3.91. The highest BCUT2D eigenvalue weighted by Gasteiger charge is 2.15. The number of nitro benzene ring substituents is 1. The summed E-state index contributed by atoms with van der Waals surface area (Å²) in [6.07, 6.45) is 0. The molecule has 2 rings (SSSR count). The molecule has 0 saturated carbocycles. The maximum absolute atomic E-state index is 12.1. The van der Waals surface area contributed by atoms with E-state index in [2.05, 4.69) is 0 Å². The van der Waals surface area contributed by atoms with E-state index in [1.807, 2.05) is 0 Å². The lowest BCUT2D eigenvalue weighted by molar-refractivity contribution is -0.384. The summed E-state index contributed by atoms with van der Waals surface area (Å²) in [5.41, 5.74) is 6.07. The summed E-state index contributed by atoms with van der Waals surface area (Å²) in [5.74, 6) is -0.643. The summed E-state index contributed by atoms with van der Waals surface area (Å²) < 4.78 is 0. The van der Waals surface area contributed by atoms with Gasteiger partial charge < -0.3 is 10.8 Å². The maximum Gasteiger partial charge on any atom is 0.269 e. The lowest BCUT2D eigenvalue weighted by Gasteiger charge is -2.04. The van der Waals surface area contributed by atoms with Gasteiger partial charge in [0.2, 0.25) is 0 Å². The standard InChI is InChI=1S/C13H10N2O4/c14-9-3-6-11(12(16)7-9)13(17)8-1-4-10(5-2-8)15(18)19/h1-7,16H,14H2. The molecule has 0 aliphatic rings. The van der Waals surface area contributed by atoms with Crippen molar-refractivity contribution in [2.75, 3.05) is 5.73 Å². The Balaban J connectivity index is 2.36. The summed E-state index contributed by atoms with van der Waals surface area (Å²) in [7, 11) is 0. The first-order valence-electron chi connectivity index (χ1n) is 5.36. The van der Waals surface area contributed by atoms with Crippen LogP contribution in [0, 0.1) is 10.1 Å². The molecule has 0 heterocycles. The van der Waals surface area contributed by atoms with Crippen LogP contribution in [-0.2, 0) is 0 Å². The minimum absolute atomic E-state index is 0.0990. The van der Waals surface area contributed by atoms with Crippen LogP contribution < -0.4 is 5.73 Å². The number of nitrogens with two attached hydrogens (primary N) is 1. The number of nitrogen functional groups attached to an aromatic ring is 1. The molecule has 0 fully saturated rings. The topological polar surface area (TPSA) is 106 Å². The van der Waals surface area contributed by atoms with Gasteiger partial charge in [0.05, 0.1) is 10.5 Å². The number of hydrogen-bond donors (Lipinski definition) is 2. The lowest BCUT2D eigenvalue weighted by Crippen LogP contribution is -2.02. The first kappa shape index (κ1) is 12.6. The van der Waals surface area contributed by atoms with Crippen molar-refractivity contribution in [1.29, 1.82) is 0 Å². The quantitative estimate of drug-likeness (QED) is 0.379. The fraction of sp³-hybridized carbons (Fsp3) is 0.